The number of nitrogens with zero attached hydrogens (tertiary/aromatic N) is 1. The van der Waals surface area contributed by atoms with Crippen molar-refractivity contribution < 1.29 is 42.9 Å². The number of esters is 2. The minimum absolute atomic E-state index is 0.145. The molecule has 0 N–H and O–H groups in total. The highest BCUT2D eigenvalue weighted by atomic mass is 16.7. The third-order valence-corrected chi connectivity index (χ3v) is 16.1. The lowest BCUT2D eigenvalue weighted by molar-refractivity contribution is -0.870. The zero-order valence-corrected chi connectivity index (χ0v) is 57.6. The van der Waals surface area contributed by atoms with Gasteiger partial charge in [-0.15, -0.1) is 0 Å². The van der Waals surface area contributed by atoms with Gasteiger partial charge < -0.3 is 33.3 Å². The molecule has 0 aromatic heterocycles. The van der Waals surface area contributed by atoms with E-state index in [-0.39, 0.29) is 32.2 Å². The first kappa shape index (κ1) is 83.5. The zero-order chi connectivity index (χ0) is 63.3. The average Bonchev–Trinajstić information content (AvgIpc) is 3.57. The van der Waals surface area contributed by atoms with Gasteiger partial charge in [-0.3, -0.25) is 9.59 Å². The molecule has 0 fully saturated rings. The Bertz CT molecular complexity index is 1700. The first-order valence-electron chi connectivity index (χ1n) is 36.7. The van der Waals surface area contributed by atoms with Crippen LogP contribution in [0.2, 0.25) is 0 Å². The van der Waals surface area contributed by atoms with Gasteiger partial charge in [-0.1, -0.05) is 317 Å². The molecule has 0 aliphatic rings. The lowest BCUT2D eigenvalue weighted by Crippen LogP contribution is -2.44. The molecule has 0 heterocycles. The van der Waals surface area contributed by atoms with Gasteiger partial charge >= 0.3 is 11.9 Å². The van der Waals surface area contributed by atoms with Crippen LogP contribution >= 0.6 is 0 Å². The van der Waals surface area contributed by atoms with Crippen LogP contribution < -0.4 is 5.11 Å². The summed E-state index contributed by atoms with van der Waals surface area (Å²) in [6.45, 7) is 4.67. The minimum Gasteiger partial charge on any atom is -0.545 e. The van der Waals surface area contributed by atoms with Crippen LogP contribution in [-0.2, 0) is 33.3 Å². The molecule has 9 nitrogen and oxygen atoms in total. The molecule has 0 spiro atoms. The molecule has 504 valence electrons. The summed E-state index contributed by atoms with van der Waals surface area (Å²) in [5.41, 5.74) is 0. The summed E-state index contributed by atoms with van der Waals surface area (Å²) in [4.78, 5) is 37.5. The molecular formula is C78H139NO8. The van der Waals surface area contributed by atoms with Crippen LogP contribution in [0.4, 0.5) is 0 Å². The van der Waals surface area contributed by atoms with E-state index in [1.165, 1.54) is 218 Å². The second-order valence-electron chi connectivity index (χ2n) is 25.9. The second kappa shape index (κ2) is 68.4. The molecule has 0 aromatic rings. The van der Waals surface area contributed by atoms with E-state index in [1.807, 2.05) is 21.1 Å². The first-order valence-corrected chi connectivity index (χ1v) is 36.7. The average molecular weight is 1220 g/mol. The van der Waals surface area contributed by atoms with Crippen LogP contribution in [0.1, 0.15) is 335 Å². The Morgan fingerprint density at radius 3 is 0.989 bits per heavy atom. The number of quaternary nitrogens is 1. The molecule has 0 saturated carbocycles. The van der Waals surface area contributed by atoms with E-state index >= 15 is 0 Å². The number of aliphatic carboxylic acids is 1. The standard InChI is InChI=1S/C78H139NO8/c1-6-8-10-12-14-16-18-20-22-24-26-28-30-32-34-36-37-38-39-41-42-44-46-48-50-52-54-56-58-60-62-64-66-68-75(80)85-72-74(73-86-78(77(82)83)84-71-70-79(3,4)5)87-76(81)69-67-65-63-61-59-57-55-53-51-49-47-45-43-40-35-33-31-29-27-25-23-21-19-17-15-13-11-9-7-2/h9,11,15,17,21,23-24,26-27,29,33,35,43,45,74,78H,6-8,10,12-14,16,18-20,22,25,28,30-32,34,36-42,44,46-73H2,1-5H3/b11-9-,17-15-,23-21-,26-24-,29-27-,35-33-,45-43-. The van der Waals surface area contributed by atoms with Crippen LogP contribution in [0.25, 0.3) is 0 Å². The fourth-order valence-electron chi connectivity index (χ4n) is 10.5. The Hall–Kier alpha value is -3.53. The maximum atomic E-state index is 12.9. The predicted molar refractivity (Wildman–Crippen MR) is 371 cm³/mol. The van der Waals surface area contributed by atoms with Crippen LogP contribution in [-0.4, -0.2) is 82.3 Å². The molecule has 9 heteroatoms. The number of carbonyl (C=O) groups excluding carboxylic acids is 3. The highest BCUT2D eigenvalue weighted by Crippen LogP contribution is 2.18. The summed E-state index contributed by atoms with van der Waals surface area (Å²) >= 11 is 0. The van der Waals surface area contributed by atoms with Crippen molar-refractivity contribution in [2.45, 2.75) is 347 Å². The van der Waals surface area contributed by atoms with Crippen molar-refractivity contribution in [3.05, 3.63) is 85.1 Å². The number of allylic oxidation sites excluding steroid dienone is 14. The van der Waals surface area contributed by atoms with Crippen LogP contribution in [0.3, 0.4) is 0 Å². The highest BCUT2D eigenvalue weighted by molar-refractivity contribution is 5.70. The van der Waals surface area contributed by atoms with Crippen molar-refractivity contribution in [3.63, 3.8) is 0 Å². The Labute approximate surface area is 538 Å². The molecule has 0 amide bonds. The van der Waals surface area contributed by atoms with Crippen molar-refractivity contribution in [2.24, 2.45) is 0 Å². The van der Waals surface area contributed by atoms with E-state index in [4.69, 9.17) is 18.9 Å². The van der Waals surface area contributed by atoms with Crippen LogP contribution in [0.15, 0.2) is 85.1 Å². The molecule has 0 radical (unpaired) electrons. The lowest BCUT2D eigenvalue weighted by Gasteiger charge is -2.26. The number of rotatable bonds is 68. The number of carbonyl (C=O) groups is 3. The molecule has 2 unspecified atom stereocenters. The fraction of sp³-hybridized carbons (Fsp3) is 0.782. The molecule has 2 atom stereocenters. The maximum absolute atomic E-state index is 12.9. The summed E-state index contributed by atoms with van der Waals surface area (Å²) < 4.78 is 22.8. The van der Waals surface area contributed by atoms with E-state index in [2.05, 4.69) is 98.9 Å². The van der Waals surface area contributed by atoms with Crippen molar-refractivity contribution in [1.82, 2.24) is 0 Å². The van der Waals surface area contributed by atoms with E-state index in [9.17, 15) is 19.5 Å². The smallest absolute Gasteiger partial charge is 0.306 e. The quantitative estimate of drug-likeness (QED) is 0.0195. The van der Waals surface area contributed by atoms with Crippen molar-refractivity contribution in [2.75, 3.05) is 47.5 Å². The molecular weight excluding hydrogens is 1080 g/mol. The molecule has 0 aliphatic heterocycles. The Balaban J connectivity index is 4.08. The van der Waals surface area contributed by atoms with Gasteiger partial charge in [0.15, 0.2) is 12.4 Å². The fourth-order valence-corrected chi connectivity index (χ4v) is 10.5. The van der Waals surface area contributed by atoms with Gasteiger partial charge in [0.25, 0.3) is 0 Å². The summed E-state index contributed by atoms with van der Waals surface area (Å²) in [7, 11) is 5.93. The van der Waals surface area contributed by atoms with Gasteiger partial charge in [-0.05, 0) is 89.9 Å². The summed E-state index contributed by atoms with van der Waals surface area (Å²) in [5.74, 6) is -2.28. The molecule has 0 aliphatic carbocycles. The number of unbranched alkanes of at least 4 members (excludes halogenated alkanes) is 39. The summed E-state index contributed by atoms with van der Waals surface area (Å²) in [6.07, 6.45) is 89.6. The number of hydrogen-bond donors (Lipinski definition) is 0. The first-order chi connectivity index (χ1) is 42.6. The minimum atomic E-state index is -1.63. The Kier molecular flexibility index (Phi) is 65.6. The highest BCUT2D eigenvalue weighted by Gasteiger charge is 2.22. The van der Waals surface area contributed by atoms with Crippen molar-refractivity contribution in [1.29, 1.82) is 0 Å². The summed E-state index contributed by atoms with van der Waals surface area (Å²) in [5, 5.41) is 11.8. The largest absolute Gasteiger partial charge is 0.545 e. The summed E-state index contributed by atoms with van der Waals surface area (Å²) in [6, 6.07) is 0. The molecule has 0 rings (SSSR count). The molecule has 0 aromatic carbocycles. The zero-order valence-electron chi connectivity index (χ0n) is 57.6. The Morgan fingerprint density at radius 2 is 0.655 bits per heavy atom. The SMILES string of the molecule is CC/C=C\C/C=C\C/C=C\C/C=C\C/C=C\C/C=C\CCCCCCCCCCCCC(=O)OC(COC(=O)CCCCCCCCCCCCCCCCCCCCCCC/C=C\CCCCCCCCCC)COC(OCC[N+](C)(C)C)C(=O)[O-]. The van der Waals surface area contributed by atoms with Crippen molar-refractivity contribution >= 4 is 17.9 Å². The van der Waals surface area contributed by atoms with Gasteiger partial charge in [-0.2, -0.15) is 0 Å². The second-order valence-corrected chi connectivity index (χ2v) is 25.9. The van der Waals surface area contributed by atoms with Crippen molar-refractivity contribution in [3.8, 4) is 0 Å². The maximum Gasteiger partial charge on any atom is 0.306 e. The van der Waals surface area contributed by atoms with Gasteiger partial charge in [-0.25, -0.2) is 0 Å². The topological polar surface area (TPSA) is 111 Å². The number of carboxylic acid groups (broad SMARTS) is 1. The monoisotopic (exact) mass is 1220 g/mol. The van der Waals surface area contributed by atoms with Gasteiger partial charge in [0.1, 0.15) is 13.2 Å². The van der Waals surface area contributed by atoms with Gasteiger partial charge in [0.2, 0.25) is 0 Å². The van der Waals surface area contributed by atoms with E-state index in [1.54, 1.807) is 0 Å². The lowest BCUT2D eigenvalue weighted by atomic mass is 10.0. The number of carboxylic acids is 1. The number of likely N-dealkylation sites (N-methyl/N-ethyl adjacent to an activating group) is 1. The Morgan fingerprint density at radius 1 is 0.356 bits per heavy atom. The third-order valence-electron chi connectivity index (χ3n) is 16.1. The van der Waals surface area contributed by atoms with Gasteiger partial charge in [0, 0.05) is 12.8 Å². The van der Waals surface area contributed by atoms with Crippen LogP contribution in [0, 0.1) is 0 Å². The predicted octanol–water partition coefficient (Wildman–Crippen LogP) is 21.7. The van der Waals surface area contributed by atoms with E-state index < -0.39 is 24.3 Å². The van der Waals surface area contributed by atoms with E-state index in [0.29, 0.717) is 23.9 Å². The molecule has 0 bridgehead atoms. The molecule has 87 heavy (non-hydrogen) atoms. The molecule has 0 saturated heterocycles. The van der Waals surface area contributed by atoms with E-state index in [0.717, 1.165) is 83.5 Å². The number of hydrogen-bond acceptors (Lipinski definition) is 8. The third kappa shape index (κ3) is 69.8. The van der Waals surface area contributed by atoms with Crippen LogP contribution in [0.5, 0.6) is 0 Å². The number of ether oxygens (including phenoxy) is 4. The van der Waals surface area contributed by atoms with Gasteiger partial charge in [0.05, 0.1) is 40.3 Å². The normalized spacial score (nSPS) is 13.2.